The van der Waals surface area contributed by atoms with Crippen molar-refractivity contribution >= 4 is 21.8 Å². The molecule has 3 rings (SSSR count). The molecule has 0 spiro atoms. The number of amides is 1. The van der Waals surface area contributed by atoms with Crippen LogP contribution in [0.2, 0.25) is 0 Å². The highest BCUT2D eigenvalue weighted by Crippen LogP contribution is 2.23. The van der Waals surface area contributed by atoms with Gasteiger partial charge in [-0.3, -0.25) is 10.2 Å². The number of piperidine rings is 1. The van der Waals surface area contributed by atoms with Crippen molar-refractivity contribution < 1.29 is 9.18 Å². The Bertz CT molecular complexity index is 699. The van der Waals surface area contributed by atoms with E-state index in [1.807, 2.05) is 5.01 Å². The molecule has 0 unspecified atom stereocenters. The van der Waals surface area contributed by atoms with E-state index in [9.17, 15) is 9.18 Å². The van der Waals surface area contributed by atoms with Crippen molar-refractivity contribution in [2.24, 2.45) is 0 Å². The van der Waals surface area contributed by atoms with Crippen LogP contribution in [0.4, 0.5) is 4.39 Å². The Morgan fingerprint density at radius 3 is 2.83 bits per heavy atom. The Hall–Kier alpha value is -1.80. The van der Waals surface area contributed by atoms with E-state index in [2.05, 4.69) is 31.6 Å². The third-order valence-electron chi connectivity index (χ3n) is 3.67. The highest BCUT2D eigenvalue weighted by molar-refractivity contribution is 9.10. The maximum atomic E-state index is 13.9. The van der Waals surface area contributed by atoms with Gasteiger partial charge < -0.3 is 0 Å². The molecule has 1 fully saturated rings. The molecule has 0 aliphatic carbocycles. The zero-order valence-corrected chi connectivity index (χ0v) is 14.1. The molecule has 0 bridgehead atoms. The van der Waals surface area contributed by atoms with Crippen LogP contribution in [0.3, 0.4) is 0 Å². The molecule has 2 aromatic rings. The molecule has 8 heteroatoms. The van der Waals surface area contributed by atoms with E-state index in [4.69, 9.17) is 0 Å². The SMILES string of the molecule is O=C(Cn1ncc(-c2ccc(Br)cc2F)n1)NN1CCCCC1. The molecule has 0 saturated carbocycles. The molecule has 23 heavy (non-hydrogen) atoms. The molecule has 1 saturated heterocycles. The highest BCUT2D eigenvalue weighted by atomic mass is 79.9. The normalized spacial score (nSPS) is 15.6. The van der Waals surface area contributed by atoms with Crippen LogP contribution in [0, 0.1) is 5.82 Å². The summed E-state index contributed by atoms with van der Waals surface area (Å²) in [6.07, 6.45) is 4.84. The van der Waals surface area contributed by atoms with Crippen LogP contribution >= 0.6 is 15.9 Å². The van der Waals surface area contributed by atoms with E-state index in [-0.39, 0.29) is 18.3 Å². The fourth-order valence-corrected chi connectivity index (χ4v) is 2.87. The fraction of sp³-hybridized carbons (Fsp3) is 0.400. The Kier molecular flexibility index (Phi) is 5.02. The molecule has 1 N–H and O–H groups in total. The smallest absolute Gasteiger partial charge is 0.257 e. The first-order valence-corrected chi connectivity index (χ1v) is 8.31. The Labute approximate surface area is 141 Å². The molecule has 1 aliphatic rings. The molecule has 0 atom stereocenters. The standard InChI is InChI=1S/C15H17BrFN5O/c16-11-4-5-12(13(17)8-11)14-9-18-22(19-14)10-15(23)20-21-6-2-1-3-7-21/h4-5,8-9H,1-3,6-7,10H2,(H,20,23). The third-order valence-corrected chi connectivity index (χ3v) is 4.16. The number of hydrazine groups is 1. The predicted molar refractivity (Wildman–Crippen MR) is 86.7 cm³/mol. The van der Waals surface area contributed by atoms with Crippen LogP contribution < -0.4 is 5.43 Å². The van der Waals surface area contributed by atoms with Crippen molar-refractivity contribution in [3.63, 3.8) is 0 Å². The largest absolute Gasteiger partial charge is 0.287 e. The lowest BCUT2D eigenvalue weighted by Gasteiger charge is -2.26. The number of carbonyl (C=O) groups excluding carboxylic acids is 1. The fourth-order valence-electron chi connectivity index (χ4n) is 2.54. The van der Waals surface area contributed by atoms with Gasteiger partial charge in [0.2, 0.25) is 0 Å². The molecule has 1 amide bonds. The Morgan fingerprint density at radius 1 is 1.30 bits per heavy atom. The number of benzene rings is 1. The van der Waals surface area contributed by atoms with Gasteiger partial charge in [-0.05, 0) is 31.0 Å². The van der Waals surface area contributed by atoms with Gasteiger partial charge in [0.15, 0.2) is 0 Å². The highest BCUT2D eigenvalue weighted by Gasteiger charge is 2.15. The first kappa shape index (κ1) is 16.1. The summed E-state index contributed by atoms with van der Waals surface area (Å²) in [7, 11) is 0. The molecule has 0 radical (unpaired) electrons. The van der Waals surface area contributed by atoms with E-state index in [1.165, 1.54) is 23.5 Å². The van der Waals surface area contributed by atoms with Crippen LogP contribution in [0.15, 0.2) is 28.9 Å². The van der Waals surface area contributed by atoms with E-state index < -0.39 is 0 Å². The van der Waals surface area contributed by atoms with E-state index in [0.29, 0.717) is 15.7 Å². The molecular weight excluding hydrogens is 365 g/mol. The van der Waals surface area contributed by atoms with Crippen molar-refractivity contribution in [1.82, 2.24) is 25.4 Å². The summed E-state index contributed by atoms with van der Waals surface area (Å²) in [5, 5.41) is 10.1. The van der Waals surface area contributed by atoms with Gasteiger partial charge in [-0.25, -0.2) is 9.40 Å². The van der Waals surface area contributed by atoms with Crippen molar-refractivity contribution in [3.8, 4) is 11.3 Å². The van der Waals surface area contributed by atoms with Gasteiger partial charge >= 0.3 is 0 Å². The van der Waals surface area contributed by atoms with Crippen molar-refractivity contribution in [1.29, 1.82) is 0 Å². The predicted octanol–water partition coefficient (Wildman–Crippen LogP) is 2.36. The van der Waals surface area contributed by atoms with Crippen LogP contribution in [0.5, 0.6) is 0 Å². The second kappa shape index (κ2) is 7.18. The summed E-state index contributed by atoms with van der Waals surface area (Å²) < 4.78 is 14.6. The lowest BCUT2D eigenvalue weighted by Crippen LogP contribution is -2.46. The monoisotopic (exact) mass is 381 g/mol. The van der Waals surface area contributed by atoms with Crippen LogP contribution in [-0.4, -0.2) is 39.0 Å². The molecule has 6 nitrogen and oxygen atoms in total. The maximum absolute atomic E-state index is 13.9. The first-order valence-electron chi connectivity index (χ1n) is 7.52. The van der Waals surface area contributed by atoms with Gasteiger partial charge in [0.1, 0.15) is 18.1 Å². The van der Waals surface area contributed by atoms with Gasteiger partial charge in [0.25, 0.3) is 5.91 Å². The lowest BCUT2D eigenvalue weighted by molar-refractivity contribution is -0.127. The van der Waals surface area contributed by atoms with Gasteiger partial charge in [0, 0.05) is 23.1 Å². The van der Waals surface area contributed by atoms with Crippen molar-refractivity contribution in [3.05, 3.63) is 34.7 Å². The second-order valence-electron chi connectivity index (χ2n) is 5.47. The molecule has 122 valence electrons. The molecule has 1 aromatic heterocycles. The summed E-state index contributed by atoms with van der Waals surface area (Å²) in [5.74, 6) is -0.561. The maximum Gasteiger partial charge on any atom is 0.257 e. The average Bonchev–Trinajstić information content (AvgIpc) is 2.96. The summed E-state index contributed by atoms with van der Waals surface area (Å²) in [6.45, 7) is 1.75. The molecule has 1 aliphatic heterocycles. The zero-order chi connectivity index (χ0) is 16.2. The summed E-state index contributed by atoms with van der Waals surface area (Å²) in [4.78, 5) is 13.3. The van der Waals surface area contributed by atoms with E-state index >= 15 is 0 Å². The summed E-state index contributed by atoms with van der Waals surface area (Å²) in [5.41, 5.74) is 3.61. The minimum atomic E-state index is -0.385. The molecule has 1 aromatic carbocycles. The van der Waals surface area contributed by atoms with E-state index in [1.54, 1.807) is 12.1 Å². The van der Waals surface area contributed by atoms with Gasteiger partial charge in [-0.2, -0.15) is 15.0 Å². The number of halogens is 2. The minimum absolute atomic E-state index is 0.00858. The number of hydrogen-bond acceptors (Lipinski definition) is 4. The lowest BCUT2D eigenvalue weighted by atomic mass is 10.1. The summed E-state index contributed by atoms with van der Waals surface area (Å²) in [6, 6.07) is 4.74. The number of rotatable bonds is 4. The average molecular weight is 382 g/mol. The minimum Gasteiger partial charge on any atom is -0.287 e. The third kappa shape index (κ3) is 4.14. The summed E-state index contributed by atoms with van der Waals surface area (Å²) >= 11 is 3.22. The zero-order valence-electron chi connectivity index (χ0n) is 12.5. The number of carbonyl (C=O) groups is 1. The molecule has 2 heterocycles. The Morgan fingerprint density at radius 2 is 2.09 bits per heavy atom. The first-order chi connectivity index (χ1) is 11.1. The van der Waals surface area contributed by atoms with Crippen molar-refractivity contribution in [2.75, 3.05) is 13.1 Å². The van der Waals surface area contributed by atoms with Crippen LogP contribution in [0.1, 0.15) is 19.3 Å². The number of hydrogen-bond donors (Lipinski definition) is 1. The topological polar surface area (TPSA) is 63.1 Å². The van der Waals surface area contributed by atoms with Gasteiger partial charge in [-0.1, -0.05) is 22.4 Å². The number of nitrogens with one attached hydrogen (secondary N) is 1. The van der Waals surface area contributed by atoms with E-state index in [0.717, 1.165) is 25.9 Å². The van der Waals surface area contributed by atoms with Gasteiger partial charge in [-0.15, -0.1) is 0 Å². The van der Waals surface area contributed by atoms with Crippen molar-refractivity contribution in [2.45, 2.75) is 25.8 Å². The van der Waals surface area contributed by atoms with Crippen LogP contribution in [-0.2, 0) is 11.3 Å². The van der Waals surface area contributed by atoms with Crippen LogP contribution in [0.25, 0.3) is 11.3 Å². The molecular formula is C15H17BrFN5O. The second-order valence-corrected chi connectivity index (χ2v) is 6.38. The quantitative estimate of drug-likeness (QED) is 0.882. The number of nitrogens with zero attached hydrogens (tertiary/aromatic N) is 4. The number of aromatic nitrogens is 3. The van der Waals surface area contributed by atoms with Gasteiger partial charge in [0.05, 0.1) is 6.20 Å². The Balaban J connectivity index is 1.63.